The topological polar surface area (TPSA) is 72.8 Å². The second-order valence-electron chi connectivity index (χ2n) is 7.05. The van der Waals surface area contributed by atoms with Gasteiger partial charge >= 0.3 is 0 Å². The molecule has 2 fully saturated rings. The van der Waals surface area contributed by atoms with Crippen LogP contribution in [0.25, 0.3) is 11.0 Å². The summed E-state index contributed by atoms with van der Waals surface area (Å²) in [5.74, 6) is 1.48. The number of hydrogen-bond acceptors (Lipinski definition) is 4. The second-order valence-corrected chi connectivity index (χ2v) is 7.05. The van der Waals surface area contributed by atoms with Crippen LogP contribution in [-0.4, -0.2) is 32.5 Å². The van der Waals surface area contributed by atoms with Gasteiger partial charge in [0.05, 0.1) is 18.3 Å². The summed E-state index contributed by atoms with van der Waals surface area (Å²) in [6.07, 6.45) is 9.70. The van der Waals surface area contributed by atoms with Crippen molar-refractivity contribution < 1.29 is 4.74 Å². The summed E-state index contributed by atoms with van der Waals surface area (Å²) >= 11 is 0. The summed E-state index contributed by atoms with van der Waals surface area (Å²) in [5.41, 5.74) is 0.676. The second kappa shape index (κ2) is 6.07. The fourth-order valence-corrected chi connectivity index (χ4v) is 4.03. The standard InChI is InChI=1S/C17H24N4O2/c1-11-8-13(6-7-23-11)21-16-14(10-18-21)17(22)20-15(19-16)9-12-4-2-3-5-12/h10-13H,2-9H2,1H3,(H,19,20,22)/t11-,13?/m1/s1. The molecule has 0 radical (unpaired) electrons. The van der Waals surface area contributed by atoms with Gasteiger partial charge in [0.2, 0.25) is 0 Å². The van der Waals surface area contributed by atoms with Gasteiger partial charge in [0.1, 0.15) is 11.2 Å². The van der Waals surface area contributed by atoms with Gasteiger partial charge in [-0.25, -0.2) is 9.67 Å². The Morgan fingerprint density at radius 3 is 2.96 bits per heavy atom. The number of nitrogens with one attached hydrogen (secondary N) is 1. The van der Waals surface area contributed by atoms with Gasteiger partial charge < -0.3 is 9.72 Å². The molecule has 2 aliphatic rings. The van der Waals surface area contributed by atoms with E-state index in [0.29, 0.717) is 11.3 Å². The van der Waals surface area contributed by atoms with Crippen molar-refractivity contribution in [3.05, 3.63) is 22.4 Å². The highest BCUT2D eigenvalue weighted by Crippen LogP contribution is 2.28. The van der Waals surface area contributed by atoms with Gasteiger partial charge in [-0.3, -0.25) is 4.79 Å². The normalized spacial score (nSPS) is 26.1. The SMILES string of the molecule is C[C@@H]1CC(n2ncc3c(=O)[nH]c(CC4CCCC4)nc32)CCO1. The Kier molecular flexibility index (Phi) is 3.93. The van der Waals surface area contributed by atoms with E-state index >= 15 is 0 Å². The van der Waals surface area contributed by atoms with Crippen LogP contribution in [-0.2, 0) is 11.2 Å². The maximum atomic E-state index is 12.4. The number of nitrogens with zero attached hydrogens (tertiary/aromatic N) is 3. The number of aromatic nitrogens is 4. The van der Waals surface area contributed by atoms with Crippen LogP contribution in [0.1, 0.15) is 57.3 Å². The molecule has 23 heavy (non-hydrogen) atoms. The molecule has 4 rings (SSSR count). The summed E-state index contributed by atoms with van der Waals surface area (Å²) in [4.78, 5) is 20.1. The molecule has 2 aromatic heterocycles. The third kappa shape index (κ3) is 2.92. The highest BCUT2D eigenvalue weighted by molar-refractivity contribution is 5.73. The lowest BCUT2D eigenvalue weighted by molar-refractivity contribution is 0.00431. The van der Waals surface area contributed by atoms with Crippen molar-refractivity contribution in [2.45, 2.75) is 64.0 Å². The third-order valence-electron chi connectivity index (χ3n) is 5.27. The Hall–Kier alpha value is -1.69. The van der Waals surface area contributed by atoms with Crippen LogP contribution in [0.4, 0.5) is 0 Å². The predicted molar refractivity (Wildman–Crippen MR) is 87.5 cm³/mol. The van der Waals surface area contributed by atoms with Gasteiger partial charge in [-0.05, 0) is 25.7 Å². The maximum Gasteiger partial charge on any atom is 0.262 e. The fraction of sp³-hybridized carbons (Fsp3) is 0.706. The van der Waals surface area contributed by atoms with E-state index < -0.39 is 0 Å². The van der Waals surface area contributed by atoms with E-state index in [-0.39, 0.29) is 17.7 Å². The fourth-order valence-electron chi connectivity index (χ4n) is 4.03. The molecule has 124 valence electrons. The van der Waals surface area contributed by atoms with Crippen LogP contribution >= 0.6 is 0 Å². The molecular formula is C17H24N4O2. The van der Waals surface area contributed by atoms with Crippen LogP contribution in [0, 0.1) is 5.92 Å². The Labute approximate surface area is 135 Å². The average Bonchev–Trinajstić information content (AvgIpc) is 3.17. The van der Waals surface area contributed by atoms with Crippen LogP contribution in [0.5, 0.6) is 0 Å². The van der Waals surface area contributed by atoms with Crippen molar-refractivity contribution in [2.24, 2.45) is 5.92 Å². The van der Waals surface area contributed by atoms with E-state index in [1.165, 1.54) is 25.7 Å². The monoisotopic (exact) mass is 316 g/mol. The van der Waals surface area contributed by atoms with Crippen LogP contribution in [0.2, 0.25) is 0 Å². The average molecular weight is 316 g/mol. The minimum atomic E-state index is -0.0608. The zero-order chi connectivity index (χ0) is 15.8. The highest BCUT2D eigenvalue weighted by Gasteiger charge is 2.24. The van der Waals surface area contributed by atoms with Crippen molar-refractivity contribution in [2.75, 3.05) is 6.61 Å². The summed E-state index contributed by atoms with van der Waals surface area (Å²) in [7, 11) is 0. The Bertz CT molecular complexity index is 745. The lowest BCUT2D eigenvalue weighted by atomic mass is 10.0. The predicted octanol–water partition coefficient (Wildman–Crippen LogP) is 2.59. The Morgan fingerprint density at radius 1 is 1.35 bits per heavy atom. The minimum absolute atomic E-state index is 0.0608. The highest BCUT2D eigenvalue weighted by atomic mass is 16.5. The number of rotatable bonds is 3. The van der Waals surface area contributed by atoms with E-state index in [9.17, 15) is 4.79 Å². The molecule has 6 nitrogen and oxygen atoms in total. The van der Waals surface area contributed by atoms with E-state index in [2.05, 4.69) is 17.0 Å². The Morgan fingerprint density at radius 2 is 2.17 bits per heavy atom. The lowest BCUT2D eigenvalue weighted by Crippen LogP contribution is -2.26. The molecule has 2 atom stereocenters. The molecule has 3 heterocycles. The summed E-state index contributed by atoms with van der Waals surface area (Å²) in [5, 5.41) is 5.06. The van der Waals surface area contributed by atoms with Gasteiger partial charge in [-0.2, -0.15) is 5.10 Å². The first-order chi connectivity index (χ1) is 11.2. The molecular weight excluding hydrogens is 292 g/mol. The molecule has 2 aromatic rings. The number of hydrogen-bond donors (Lipinski definition) is 1. The van der Waals surface area contributed by atoms with Gasteiger partial charge in [0.25, 0.3) is 5.56 Å². The molecule has 1 N–H and O–H groups in total. The maximum absolute atomic E-state index is 12.4. The van der Waals surface area contributed by atoms with E-state index in [4.69, 9.17) is 9.72 Å². The summed E-state index contributed by atoms with van der Waals surface area (Å²) in [6, 6.07) is 0.268. The molecule has 0 aromatic carbocycles. The van der Waals surface area contributed by atoms with Crippen LogP contribution in [0.15, 0.2) is 11.0 Å². The van der Waals surface area contributed by atoms with Crippen LogP contribution in [0.3, 0.4) is 0 Å². The number of H-pyrrole nitrogens is 1. The number of ether oxygens (including phenoxy) is 1. The third-order valence-corrected chi connectivity index (χ3v) is 5.27. The quantitative estimate of drug-likeness (QED) is 0.944. The van der Waals surface area contributed by atoms with Gasteiger partial charge in [0.15, 0.2) is 5.65 Å². The van der Waals surface area contributed by atoms with Crippen molar-refractivity contribution in [1.82, 2.24) is 19.7 Å². The Balaban J connectivity index is 1.68. The van der Waals surface area contributed by atoms with E-state index in [1.54, 1.807) is 6.20 Å². The molecule has 1 saturated heterocycles. The lowest BCUT2D eigenvalue weighted by Gasteiger charge is -2.27. The smallest absolute Gasteiger partial charge is 0.262 e. The van der Waals surface area contributed by atoms with E-state index in [0.717, 1.165) is 37.3 Å². The van der Waals surface area contributed by atoms with Crippen molar-refractivity contribution >= 4 is 11.0 Å². The molecule has 0 amide bonds. The van der Waals surface area contributed by atoms with Gasteiger partial charge in [-0.15, -0.1) is 0 Å². The van der Waals surface area contributed by atoms with Crippen molar-refractivity contribution in [3.8, 4) is 0 Å². The molecule has 1 aliphatic heterocycles. The molecule has 6 heteroatoms. The first-order valence-electron chi connectivity index (χ1n) is 8.78. The number of fused-ring (bicyclic) bond motifs is 1. The molecule has 1 saturated carbocycles. The van der Waals surface area contributed by atoms with Gasteiger partial charge in [-0.1, -0.05) is 25.7 Å². The van der Waals surface area contributed by atoms with E-state index in [1.807, 2.05) is 4.68 Å². The summed E-state index contributed by atoms with van der Waals surface area (Å²) in [6.45, 7) is 2.83. The first-order valence-corrected chi connectivity index (χ1v) is 8.78. The minimum Gasteiger partial charge on any atom is -0.378 e. The zero-order valence-electron chi connectivity index (χ0n) is 13.6. The molecule has 1 unspecified atom stereocenters. The first kappa shape index (κ1) is 14.9. The molecule has 0 spiro atoms. The summed E-state index contributed by atoms with van der Waals surface area (Å²) < 4.78 is 7.57. The van der Waals surface area contributed by atoms with Gasteiger partial charge in [0, 0.05) is 13.0 Å². The number of aromatic amines is 1. The largest absolute Gasteiger partial charge is 0.378 e. The zero-order valence-corrected chi connectivity index (χ0v) is 13.6. The molecule has 1 aliphatic carbocycles. The van der Waals surface area contributed by atoms with Crippen molar-refractivity contribution in [1.29, 1.82) is 0 Å². The van der Waals surface area contributed by atoms with Crippen LogP contribution < -0.4 is 5.56 Å². The van der Waals surface area contributed by atoms with Crippen molar-refractivity contribution in [3.63, 3.8) is 0 Å². The molecule has 0 bridgehead atoms.